The second-order valence-electron chi connectivity index (χ2n) is 8.58. The third kappa shape index (κ3) is 5.35. The monoisotopic (exact) mass is 487 g/mol. The molecule has 1 atom stereocenters. The lowest BCUT2D eigenvalue weighted by atomic mass is 10.00. The highest BCUT2D eigenvalue weighted by atomic mass is 79.9. The molecule has 1 saturated heterocycles. The van der Waals surface area contributed by atoms with Gasteiger partial charge in [-0.05, 0) is 70.4 Å². The van der Waals surface area contributed by atoms with Gasteiger partial charge in [-0.25, -0.2) is 9.38 Å². The van der Waals surface area contributed by atoms with E-state index in [9.17, 15) is 9.18 Å². The smallest absolute Gasteiger partial charge is 0.272 e. The summed E-state index contributed by atoms with van der Waals surface area (Å²) in [7, 11) is 1.91. The highest BCUT2D eigenvalue weighted by Crippen LogP contribution is 2.29. The lowest BCUT2D eigenvalue weighted by molar-refractivity contribution is -0.125. The predicted octanol–water partition coefficient (Wildman–Crippen LogP) is 6.30. The van der Waals surface area contributed by atoms with E-state index in [2.05, 4.69) is 22.9 Å². The molecule has 1 amide bonds. The molecule has 0 aromatic heterocycles. The largest absolute Gasteiger partial charge is 0.335 e. The first-order valence-corrected chi connectivity index (χ1v) is 11.6. The summed E-state index contributed by atoms with van der Waals surface area (Å²) in [6.45, 7) is 8.75. The Morgan fingerprint density at radius 3 is 2.68 bits per heavy atom. The van der Waals surface area contributed by atoms with Crippen LogP contribution in [0.1, 0.15) is 58.9 Å². The van der Waals surface area contributed by atoms with Gasteiger partial charge in [0.15, 0.2) is 0 Å². The van der Waals surface area contributed by atoms with Gasteiger partial charge < -0.3 is 9.80 Å². The summed E-state index contributed by atoms with van der Waals surface area (Å²) in [6.07, 6.45) is 8.08. The van der Waals surface area contributed by atoms with Gasteiger partial charge >= 0.3 is 0 Å². The highest BCUT2D eigenvalue weighted by molar-refractivity contribution is 9.10. The van der Waals surface area contributed by atoms with Gasteiger partial charge in [-0.3, -0.25) is 4.79 Å². The van der Waals surface area contributed by atoms with Gasteiger partial charge in [-0.1, -0.05) is 40.4 Å². The first-order valence-electron chi connectivity index (χ1n) is 10.9. The van der Waals surface area contributed by atoms with E-state index in [1.165, 1.54) is 6.07 Å². The Bertz CT molecular complexity index is 988. The number of allylic oxidation sites excluding steroid dienone is 4. The Morgan fingerprint density at radius 1 is 1.26 bits per heavy atom. The van der Waals surface area contributed by atoms with Crippen LogP contribution in [-0.4, -0.2) is 41.1 Å². The average Bonchev–Trinajstić information content (AvgIpc) is 2.93. The first-order chi connectivity index (χ1) is 14.7. The fourth-order valence-electron chi connectivity index (χ4n) is 4.00. The summed E-state index contributed by atoms with van der Waals surface area (Å²) in [6, 6.07) is 5.27. The lowest BCUT2D eigenvalue weighted by Gasteiger charge is -2.30. The zero-order valence-corrected chi connectivity index (χ0v) is 20.6. The number of carbonyl (C=O) groups is 1. The summed E-state index contributed by atoms with van der Waals surface area (Å²) in [5, 5.41) is 0. The van der Waals surface area contributed by atoms with Crippen LogP contribution in [0.25, 0.3) is 5.57 Å². The van der Waals surface area contributed by atoms with Crippen molar-refractivity contribution in [2.24, 2.45) is 4.99 Å². The highest BCUT2D eigenvalue weighted by Gasteiger charge is 2.27. The fourth-order valence-corrected chi connectivity index (χ4v) is 4.33. The number of benzene rings is 1. The fraction of sp³-hybridized carbons (Fsp3) is 0.440. The van der Waals surface area contributed by atoms with Crippen LogP contribution in [0.2, 0.25) is 0 Å². The standard InChI is InChI=1S/C25H31BrFN3O/c1-16(2)21(20-11-10-19(26)14-22(20)27)15-24-28-23(13-18(4)29(24)5)25(31)30-12-8-6-7-9-17(30)3/h10-11,13-15,17H,6-9,12H2,1-5H3/b24-15-. The Kier molecular flexibility index (Phi) is 7.52. The van der Waals surface area contributed by atoms with Crippen LogP contribution in [0.4, 0.5) is 4.39 Å². The molecule has 0 spiro atoms. The molecule has 1 fully saturated rings. The molecule has 0 bridgehead atoms. The molecule has 1 unspecified atom stereocenters. The molecule has 1 aromatic carbocycles. The second-order valence-corrected chi connectivity index (χ2v) is 9.49. The minimum atomic E-state index is -0.299. The molecule has 0 radical (unpaired) electrons. The van der Waals surface area contributed by atoms with Crippen molar-refractivity contribution in [1.82, 2.24) is 9.80 Å². The van der Waals surface area contributed by atoms with Gasteiger partial charge in [0.1, 0.15) is 17.3 Å². The van der Waals surface area contributed by atoms with Gasteiger partial charge in [-0.2, -0.15) is 0 Å². The maximum atomic E-state index is 14.7. The Morgan fingerprint density at radius 2 is 2.00 bits per heavy atom. The zero-order valence-electron chi connectivity index (χ0n) is 19.0. The van der Waals surface area contributed by atoms with Gasteiger partial charge in [0.2, 0.25) is 0 Å². The molecule has 3 rings (SSSR count). The molecule has 1 aromatic rings. The third-order valence-corrected chi connectivity index (χ3v) is 6.51. The SMILES string of the molecule is CC1=CC(C(=O)N2CCCCCC2C)=N/C(=C/C(=C(C)C)c2ccc(Br)cc2F)N1C. The summed E-state index contributed by atoms with van der Waals surface area (Å²) < 4.78 is 15.4. The van der Waals surface area contributed by atoms with Crippen molar-refractivity contribution in [2.75, 3.05) is 13.6 Å². The minimum absolute atomic E-state index is 0.0266. The molecule has 0 aliphatic carbocycles. The molecule has 2 aliphatic rings. The van der Waals surface area contributed by atoms with Crippen LogP contribution in [0.15, 0.2) is 56.9 Å². The summed E-state index contributed by atoms with van der Waals surface area (Å²) >= 11 is 3.32. The Labute approximate surface area is 193 Å². The first kappa shape index (κ1) is 23.5. The molecule has 2 heterocycles. The van der Waals surface area contributed by atoms with E-state index in [0.29, 0.717) is 21.6 Å². The van der Waals surface area contributed by atoms with Crippen molar-refractivity contribution >= 4 is 33.1 Å². The molecule has 0 saturated carbocycles. The Hall–Kier alpha value is -2.21. The predicted molar refractivity (Wildman–Crippen MR) is 129 cm³/mol. The van der Waals surface area contributed by atoms with E-state index in [1.54, 1.807) is 6.07 Å². The van der Waals surface area contributed by atoms with Crippen LogP contribution in [0, 0.1) is 5.82 Å². The number of likely N-dealkylation sites (tertiary alicyclic amines) is 1. The number of carbonyl (C=O) groups excluding carboxylic acids is 1. The molecule has 166 valence electrons. The van der Waals surface area contributed by atoms with Crippen molar-refractivity contribution in [2.45, 2.75) is 59.4 Å². The number of halogens is 2. The number of rotatable bonds is 3. The minimum Gasteiger partial charge on any atom is -0.335 e. The zero-order chi connectivity index (χ0) is 22.7. The van der Waals surface area contributed by atoms with E-state index < -0.39 is 0 Å². The normalized spacial score (nSPS) is 20.9. The van der Waals surface area contributed by atoms with Gasteiger partial charge in [-0.15, -0.1) is 0 Å². The molecule has 4 nitrogen and oxygen atoms in total. The van der Waals surface area contributed by atoms with Crippen LogP contribution in [0.5, 0.6) is 0 Å². The number of amides is 1. The van der Waals surface area contributed by atoms with Crippen molar-refractivity contribution in [3.8, 4) is 0 Å². The maximum absolute atomic E-state index is 14.7. The Balaban J connectivity index is 2.01. The van der Waals surface area contributed by atoms with E-state index in [1.807, 2.05) is 55.8 Å². The van der Waals surface area contributed by atoms with Gasteiger partial charge in [0.25, 0.3) is 5.91 Å². The maximum Gasteiger partial charge on any atom is 0.272 e. The average molecular weight is 488 g/mol. The van der Waals surface area contributed by atoms with E-state index in [-0.39, 0.29) is 17.8 Å². The van der Waals surface area contributed by atoms with Crippen molar-refractivity contribution in [3.05, 3.63) is 63.3 Å². The quantitative estimate of drug-likeness (QED) is 0.500. The topological polar surface area (TPSA) is 35.9 Å². The van der Waals surface area contributed by atoms with Crippen LogP contribution in [-0.2, 0) is 4.79 Å². The molecule has 6 heteroatoms. The molecule has 2 aliphatic heterocycles. The summed E-state index contributed by atoms with van der Waals surface area (Å²) in [5.41, 5.74) is 3.62. The van der Waals surface area contributed by atoms with Crippen LogP contribution < -0.4 is 0 Å². The van der Waals surface area contributed by atoms with E-state index in [4.69, 9.17) is 4.99 Å². The number of hydrogen-bond donors (Lipinski definition) is 0. The van der Waals surface area contributed by atoms with Crippen LogP contribution in [0.3, 0.4) is 0 Å². The summed E-state index contributed by atoms with van der Waals surface area (Å²) in [5.74, 6) is 0.303. The van der Waals surface area contributed by atoms with E-state index in [0.717, 1.165) is 49.1 Å². The van der Waals surface area contributed by atoms with Crippen molar-refractivity contribution < 1.29 is 9.18 Å². The van der Waals surface area contributed by atoms with Crippen LogP contribution >= 0.6 is 15.9 Å². The molecular formula is C25H31BrFN3O. The number of hydrogen-bond acceptors (Lipinski definition) is 3. The number of nitrogens with zero attached hydrogens (tertiary/aromatic N) is 3. The van der Waals surface area contributed by atoms with Gasteiger partial charge in [0, 0.05) is 35.4 Å². The molecule has 31 heavy (non-hydrogen) atoms. The van der Waals surface area contributed by atoms with Crippen molar-refractivity contribution in [3.63, 3.8) is 0 Å². The van der Waals surface area contributed by atoms with Crippen molar-refractivity contribution in [1.29, 1.82) is 0 Å². The number of aliphatic imine (C=N–C) groups is 1. The van der Waals surface area contributed by atoms with Gasteiger partial charge in [0.05, 0.1) is 0 Å². The van der Waals surface area contributed by atoms with E-state index >= 15 is 0 Å². The molecule has 0 N–H and O–H groups in total. The second kappa shape index (κ2) is 9.94. The summed E-state index contributed by atoms with van der Waals surface area (Å²) in [4.78, 5) is 21.9. The molecular weight excluding hydrogens is 457 g/mol. The third-order valence-electron chi connectivity index (χ3n) is 6.02. The lowest BCUT2D eigenvalue weighted by Crippen LogP contribution is -2.43.